The van der Waals surface area contributed by atoms with E-state index in [4.69, 9.17) is 15.0 Å². The van der Waals surface area contributed by atoms with E-state index in [1.165, 1.54) is 5.56 Å². The van der Waals surface area contributed by atoms with Gasteiger partial charge in [-0.15, -0.1) is 0 Å². The fourth-order valence-electron chi connectivity index (χ4n) is 4.35. The molecule has 2 heterocycles. The van der Waals surface area contributed by atoms with Gasteiger partial charge in [-0.3, -0.25) is 13.8 Å². The Morgan fingerprint density at radius 1 is 1.11 bits per heavy atom. The molecule has 1 saturated heterocycles. The predicted molar refractivity (Wildman–Crippen MR) is 145 cm³/mol. The van der Waals surface area contributed by atoms with Crippen LogP contribution >= 0.6 is 0 Å². The van der Waals surface area contributed by atoms with Crippen molar-refractivity contribution in [3.05, 3.63) is 78.5 Å². The maximum absolute atomic E-state index is 11.6. The van der Waals surface area contributed by atoms with Gasteiger partial charge < -0.3 is 10.1 Å². The number of morpholine rings is 1. The number of ether oxygens (including phenoxy) is 1. The van der Waals surface area contributed by atoms with Gasteiger partial charge in [0, 0.05) is 42.5 Å². The molecule has 10 heteroatoms. The molecule has 4 aromatic rings. The zero-order chi connectivity index (χ0) is 25.6. The fourth-order valence-corrected chi connectivity index (χ4v) is 4.82. The van der Waals surface area contributed by atoms with Crippen molar-refractivity contribution < 1.29 is 13.5 Å². The van der Waals surface area contributed by atoms with Crippen LogP contribution in [0.3, 0.4) is 0 Å². The summed E-state index contributed by atoms with van der Waals surface area (Å²) in [7, 11) is 0. The highest BCUT2D eigenvalue weighted by atomic mass is 32.2. The van der Waals surface area contributed by atoms with Crippen LogP contribution in [0.4, 0.5) is 17.3 Å². The van der Waals surface area contributed by atoms with Gasteiger partial charge in [0.25, 0.3) is 11.3 Å². The molecule has 0 aliphatic carbocycles. The third-order valence-electron chi connectivity index (χ3n) is 6.17. The highest BCUT2D eigenvalue weighted by molar-refractivity contribution is 7.80. The number of anilines is 3. The van der Waals surface area contributed by atoms with Crippen molar-refractivity contribution in [2.75, 3.05) is 42.5 Å². The van der Waals surface area contributed by atoms with E-state index >= 15 is 0 Å². The molecule has 0 saturated carbocycles. The Hall–Kier alpha value is -3.88. The summed E-state index contributed by atoms with van der Waals surface area (Å²) in [5.41, 5.74) is 5.21. The van der Waals surface area contributed by atoms with Gasteiger partial charge in [0.2, 0.25) is 5.95 Å². The average molecular weight is 515 g/mol. The van der Waals surface area contributed by atoms with Crippen LogP contribution in [-0.2, 0) is 22.5 Å². The minimum Gasteiger partial charge on any atom is -0.379 e. The first-order valence-corrected chi connectivity index (χ1v) is 12.9. The Morgan fingerprint density at radius 2 is 1.89 bits per heavy atom. The van der Waals surface area contributed by atoms with Crippen LogP contribution in [0.2, 0.25) is 0 Å². The second-order valence-corrected chi connectivity index (χ2v) is 9.53. The monoisotopic (exact) mass is 514 g/mol. The zero-order valence-corrected chi connectivity index (χ0v) is 20.9. The third kappa shape index (κ3) is 5.93. The smallest absolute Gasteiger partial charge is 0.262 e. The van der Waals surface area contributed by atoms with E-state index in [1.807, 2.05) is 48.5 Å². The van der Waals surface area contributed by atoms with E-state index in [9.17, 15) is 8.76 Å². The highest BCUT2D eigenvalue weighted by Crippen LogP contribution is 2.30. The lowest BCUT2D eigenvalue weighted by Gasteiger charge is -2.26. The minimum atomic E-state index is -2.28. The number of nitrogens with one attached hydrogen (secondary N) is 1. The largest absolute Gasteiger partial charge is 0.379 e. The van der Waals surface area contributed by atoms with E-state index in [0.717, 1.165) is 64.9 Å². The Kier molecular flexibility index (Phi) is 7.67. The van der Waals surface area contributed by atoms with E-state index in [0.29, 0.717) is 11.6 Å². The number of fused-ring (bicyclic) bond motifs is 1. The summed E-state index contributed by atoms with van der Waals surface area (Å²) in [5, 5.41) is 13.2. The molecule has 0 bridgehead atoms. The number of nitrogens with zero attached hydrogens (tertiary/aromatic N) is 5. The zero-order valence-electron chi connectivity index (χ0n) is 20.1. The van der Waals surface area contributed by atoms with Crippen molar-refractivity contribution >= 4 is 39.5 Å². The van der Waals surface area contributed by atoms with Crippen molar-refractivity contribution in [3.8, 4) is 17.2 Å². The molecule has 1 aliphatic rings. The van der Waals surface area contributed by atoms with Crippen LogP contribution in [0.15, 0.2) is 72.9 Å². The quantitative estimate of drug-likeness (QED) is 0.264. The van der Waals surface area contributed by atoms with Gasteiger partial charge in [-0.25, -0.2) is 14.2 Å². The summed E-state index contributed by atoms with van der Waals surface area (Å²) in [6.45, 7) is 4.09. The maximum atomic E-state index is 11.6. The number of hydrogen-bond donors (Lipinski definition) is 2. The molecule has 0 amide bonds. The molecule has 1 atom stereocenters. The molecule has 5 rings (SSSR count). The number of benzene rings is 3. The third-order valence-corrected chi connectivity index (χ3v) is 6.89. The summed E-state index contributed by atoms with van der Waals surface area (Å²) in [5.74, 6) is 0.496. The second-order valence-electron chi connectivity index (χ2n) is 8.62. The maximum Gasteiger partial charge on any atom is 0.262 e. The fraction of sp³-hybridized carbons (Fsp3) is 0.222. The summed E-state index contributed by atoms with van der Waals surface area (Å²) >= 11 is -2.28. The lowest BCUT2D eigenvalue weighted by Crippen LogP contribution is -2.35. The number of nitriles is 1. The van der Waals surface area contributed by atoms with Gasteiger partial charge in [0.1, 0.15) is 6.54 Å². The lowest BCUT2D eigenvalue weighted by molar-refractivity contribution is 0.0342. The van der Waals surface area contributed by atoms with Crippen LogP contribution in [-0.4, -0.2) is 56.5 Å². The van der Waals surface area contributed by atoms with Crippen LogP contribution in [0, 0.1) is 11.3 Å². The van der Waals surface area contributed by atoms with Crippen molar-refractivity contribution in [2.45, 2.75) is 6.54 Å². The molecule has 0 spiro atoms. The van der Waals surface area contributed by atoms with Crippen molar-refractivity contribution in [2.24, 2.45) is 0 Å². The van der Waals surface area contributed by atoms with Crippen LogP contribution in [0.1, 0.15) is 5.56 Å². The van der Waals surface area contributed by atoms with Gasteiger partial charge in [-0.2, -0.15) is 5.26 Å². The number of aromatic nitrogens is 2. The number of para-hydroxylation sites is 1. The second kappa shape index (κ2) is 11.5. The van der Waals surface area contributed by atoms with Crippen molar-refractivity contribution in [3.63, 3.8) is 0 Å². The van der Waals surface area contributed by atoms with Gasteiger partial charge in [0.05, 0.1) is 30.5 Å². The van der Waals surface area contributed by atoms with E-state index in [2.05, 4.69) is 27.3 Å². The Balaban J connectivity index is 1.39. The Bertz CT molecular complexity index is 1450. The Morgan fingerprint density at radius 3 is 2.65 bits per heavy atom. The van der Waals surface area contributed by atoms with E-state index < -0.39 is 11.3 Å². The van der Waals surface area contributed by atoms with Gasteiger partial charge in [0.15, 0.2) is 0 Å². The minimum absolute atomic E-state index is 0.188. The standard InChI is InChI=1S/C27H26N6O3S/c28-11-12-33(37(34)35)24-9-7-21(8-10-24)25-6-2-4-22-18-29-27(31-26(22)25)30-23-5-1-3-20(17-23)19-32-13-15-36-16-14-32/h1-10,17-18H,12-16,19H2,(H,34,35)(H,29,30,31). The molecular formula is C27H26N6O3S. The first-order chi connectivity index (χ1) is 18.1. The molecule has 1 fully saturated rings. The summed E-state index contributed by atoms with van der Waals surface area (Å²) in [6, 6.07) is 23.2. The first-order valence-electron chi connectivity index (χ1n) is 11.9. The summed E-state index contributed by atoms with van der Waals surface area (Å²) in [4.78, 5) is 11.7. The van der Waals surface area contributed by atoms with Crippen LogP contribution in [0.25, 0.3) is 22.0 Å². The average Bonchev–Trinajstić information content (AvgIpc) is 2.92. The summed E-state index contributed by atoms with van der Waals surface area (Å²) in [6.07, 6.45) is 1.80. The molecule has 1 unspecified atom stereocenters. The highest BCUT2D eigenvalue weighted by Gasteiger charge is 2.14. The first kappa shape index (κ1) is 24.8. The van der Waals surface area contributed by atoms with Crippen molar-refractivity contribution in [1.29, 1.82) is 5.26 Å². The van der Waals surface area contributed by atoms with E-state index in [-0.39, 0.29) is 6.54 Å². The molecular weight excluding hydrogens is 488 g/mol. The lowest BCUT2D eigenvalue weighted by atomic mass is 10.0. The number of rotatable bonds is 8. The summed E-state index contributed by atoms with van der Waals surface area (Å²) < 4.78 is 27.6. The molecule has 1 aromatic heterocycles. The Labute approximate surface area is 217 Å². The van der Waals surface area contributed by atoms with Crippen LogP contribution in [0.5, 0.6) is 0 Å². The molecule has 2 N–H and O–H groups in total. The molecule has 1 aliphatic heterocycles. The molecule has 0 radical (unpaired) electrons. The van der Waals surface area contributed by atoms with Gasteiger partial charge in [-0.05, 0) is 35.4 Å². The van der Waals surface area contributed by atoms with Crippen molar-refractivity contribution in [1.82, 2.24) is 14.9 Å². The molecule has 188 valence electrons. The topological polar surface area (TPSA) is 115 Å². The van der Waals surface area contributed by atoms with Gasteiger partial charge >= 0.3 is 0 Å². The molecule has 9 nitrogen and oxygen atoms in total. The van der Waals surface area contributed by atoms with Crippen LogP contribution < -0.4 is 9.62 Å². The molecule has 3 aromatic carbocycles. The van der Waals surface area contributed by atoms with E-state index in [1.54, 1.807) is 18.3 Å². The normalized spacial score (nSPS) is 14.7. The molecule has 37 heavy (non-hydrogen) atoms. The SMILES string of the molecule is N#CCN(c1ccc(-c2cccc3cnc(Nc4cccc(CN5CCOCC5)c4)nc23)cc1)S(=O)O. The predicted octanol–water partition coefficient (Wildman–Crippen LogP) is 4.34. The van der Waals surface area contributed by atoms with Gasteiger partial charge in [-0.1, -0.05) is 42.5 Å². The number of hydrogen-bond acceptors (Lipinski definition) is 7.